The second-order valence-corrected chi connectivity index (χ2v) is 3.01. The van der Waals surface area contributed by atoms with Crippen molar-refractivity contribution in [3.05, 3.63) is 12.2 Å². The van der Waals surface area contributed by atoms with Gasteiger partial charge in [0.15, 0.2) is 0 Å². The summed E-state index contributed by atoms with van der Waals surface area (Å²) in [5, 5.41) is 9.27. The molecule has 1 N–H and O–H groups in total. The average molecular weight is 140 g/mol. The van der Waals surface area contributed by atoms with E-state index in [0.717, 1.165) is 0 Å². The van der Waals surface area contributed by atoms with E-state index in [2.05, 4.69) is 0 Å². The molecule has 0 aromatic heterocycles. The highest BCUT2D eigenvalue weighted by Crippen LogP contribution is 2.43. The smallest absolute Gasteiger partial charge is 0.117 e. The van der Waals surface area contributed by atoms with Crippen molar-refractivity contribution in [2.75, 3.05) is 0 Å². The molecule has 0 saturated carbocycles. The monoisotopic (exact) mass is 140 g/mol. The second kappa shape index (κ2) is 1.44. The fourth-order valence-corrected chi connectivity index (χ4v) is 1.56. The Bertz CT molecular complexity index is 201. The van der Waals surface area contributed by atoms with Crippen LogP contribution in [0.2, 0.25) is 0 Å². The van der Waals surface area contributed by atoms with Crippen LogP contribution < -0.4 is 0 Å². The summed E-state index contributed by atoms with van der Waals surface area (Å²) in [6.45, 7) is 0. The Kier molecular flexibility index (Phi) is 0.764. The van der Waals surface area contributed by atoms with E-state index < -0.39 is 6.10 Å². The summed E-state index contributed by atoms with van der Waals surface area (Å²) in [5.41, 5.74) is 0. The van der Waals surface area contributed by atoms with Crippen molar-refractivity contribution in [1.82, 2.24) is 0 Å². The van der Waals surface area contributed by atoms with Crippen LogP contribution >= 0.6 is 0 Å². The zero-order valence-corrected chi connectivity index (χ0v) is 5.31. The van der Waals surface area contributed by atoms with Crippen molar-refractivity contribution < 1.29 is 14.6 Å². The molecule has 5 atom stereocenters. The molecule has 3 rings (SSSR count). The number of fused-ring (bicyclic) bond motifs is 3. The van der Waals surface area contributed by atoms with Crippen LogP contribution in [0, 0.1) is 0 Å². The van der Waals surface area contributed by atoms with Gasteiger partial charge in [0, 0.05) is 0 Å². The fourth-order valence-electron chi connectivity index (χ4n) is 1.56. The minimum atomic E-state index is -0.401. The third-order valence-electron chi connectivity index (χ3n) is 2.28. The third kappa shape index (κ3) is 0.551. The maximum absolute atomic E-state index is 9.27. The minimum absolute atomic E-state index is 0.0220. The largest absolute Gasteiger partial charge is 0.386 e. The van der Waals surface area contributed by atoms with E-state index in [4.69, 9.17) is 9.47 Å². The molecular weight excluding hydrogens is 132 g/mol. The van der Waals surface area contributed by atoms with E-state index >= 15 is 0 Å². The summed E-state index contributed by atoms with van der Waals surface area (Å²) in [4.78, 5) is 0. The molecule has 2 aliphatic heterocycles. The normalized spacial score (nSPS) is 62.3. The van der Waals surface area contributed by atoms with Gasteiger partial charge in [-0.1, -0.05) is 12.2 Å². The number of rotatable bonds is 0. The maximum Gasteiger partial charge on any atom is 0.117 e. The lowest BCUT2D eigenvalue weighted by molar-refractivity contribution is 0.177. The van der Waals surface area contributed by atoms with Crippen molar-refractivity contribution >= 4 is 0 Å². The van der Waals surface area contributed by atoms with Crippen LogP contribution in [0.4, 0.5) is 0 Å². The molecule has 2 heterocycles. The van der Waals surface area contributed by atoms with E-state index in [1.807, 2.05) is 6.08 Å². The molecule has 0 amide bonds. The van der Waals surface area contributed by atoms with Crippen LogP contribution in [-0.2, 0) is 9.47 Å². The summed E-state index contributed by atoms with van der Waals surface area (Å²) in [6.07, 6.45) is 3.96. The van der Waals surface area contributed by atoms with Gasteiger partial charge in [-0.15, -0.1) is 0 Å². The van der Waals surface area contributed by atoms with Gasteiger partial charge in [-0.25, -0.2) is 0 Å². The van der Waals surface area contributed by atoms with E-state index in [1.54, 1.807) is 6.08 Å². The fraction of sp³-hybridized carbons (Fsp3) is 0.714. The van der Waals surface area contributed by atoms with Gasteiger partial charge < -0.3 is 14.6 Å². The molecule has 2 fully saturated rings. The lowest BCUT2D eigenvalue weighted by Crippen LogP contribution is -2.14. The SMILES string of the molecule is OC1C=CC2OC2C2OC12. The Morgan fingerprint density at radius 1 is 1.00 bits per heavy atom. The van der Waals surface area contributed by atoms with Crippen molar-refractivity contribution in [1.29, 1.82) is 0 Å². The summed E-state index contributed by atoms with van der Waals surface area (Å²) >= 11 is 0. The van der Waals surface area contributed by atoms with Crippen LogP contribution in [0.5, 0.6) is 0 Å². The Balaban J connectivity index is 1.91. The first-order chi connectivity index (χ1) is 4.86. The van der Waals surface area contributed by atoms with Crippen molar-refractivity contribution in [2.24, 2.45) is 0 Å². The Morgan fingerprint density at radius 2 is 1.90 bits per heavy atom. The average Bonchev–Trinajstić information content (AvgIpc) is 2.71. The molecule has 0 spiro atoms. The first-order valence-electron chi connectivity index (χ1n) is 3.53. The van der Waals surface area contributed by atoms with Gasteiger partial charge in [-0.3, -0.25) is 0 Å². The second-order valence-electron chi connectivity index (χ2n) is 3.01. The first kappa shape index (κ1) is 5.29. The third-order valence-corrected chi connectivity index (χ3v) is 2.28. The summed E-state index contributed by atoms with van der Waals surface area (Å²) in [7, 11) is 0. The van der Waals surface area contributed by atoms with E-state index in [-0.39, 0.29) is 24.4 Å². The van der Waals surface area contributed by atoms with Gasteiger partial charge in [0.05, 0.1) is 0 Å². The number of epoxide rings is 2. The number of hydrogen-bond donors (Lipinski definition) is 1. The number of hydrogen-bond acceptors (Lipinski definition) is 3. The summed E-state index contributed by atoms with van der Waals surface area (Å²) in [6, 6.07) is 0. The van der Waals surface area contributed by atoms with Gasteiger partial charge in [-0.2, -0.15) is 0 Å². The van der Waals surface area contributed by atoms with E-state index in [0.29, 0.717) is 0 Å². The predicted molar refractivity (Wildman–Crippen MR) is 32.5 cm³/mol. The Labute approximate surface area is 58.2 Å². The number of aliphatic hydroxyl groups is 1. The molecule has 0 bridgehead atoms. The predicted octanol–water partition coefficient (Wildman–Crippen LogP) is -0.548. The molecule has 5 unspecified atom stereocenters. The number of ether oxygens (including phenoxy) is 2. The van der Waals surface area contributed by atoms with Gasteiger partial charge in [0.1, 0.15) is 30.5 Å². The standard InChI is InChI=1S/C7H8O3/c8-3-1-2-4-6(9-4)7-5(3)10-7/h1-8H. The van der Waals surface area contributed by atoms with Crippen LogP contribution in [-0.4, -0.2) is 35.6 Å². The maximum atomic E-state index is 9.27. The molecule has 2 saturated heterocycles. The molecule has 0 aromatic carbocycles. The minimum Gasteiger partial charge on any atom is -0.386 e. The molecule has 3 nitrogen and oxygen atoms in total. The van der Waals surface area contributed by atoms with Gasteiger partial charge in [-0.05, 0) is 0 Å². The van der Waals surface area contributed by atoms with Crippen molar-refractivity contribution in [3.63, 3.8) is 0 Å². The zero-order chi connectivity index (χ0) is 6.72. The number of aliphatic hydroxyl groups excluding tert-OH is 1. The zero-order valence-electron chi connectivity index (χ0n) is 5.31. The Morgan fingerprint density at radius 3 is 2.80 bits per heavy atom. The highest BCUT2D eigenvalue weighted by Gasteiger charge is 2.60. The highest BCUT2D eigenvalue weighted by molar-refractivity contribution is 5.19. The van der Waals surface area contributed by atoms with E-state index in [1.165, 1.54) is 0 Å². The van der Waals surface area contributed by atoms with E-state index in [9.17, 15) is 5.11 Å². The summed E-state index contributed by atoms with van der Waals surface area (Å²) < 4.78 is 10.4. The first-order valence-corrected chi connectivity index (χ1v) is 3.53. The molecule has 3 aliphatic rings. The molecule has 0 aromatic rings. The topological polar surface area (TPSA) is 45.3 Å². The van der Waals surface area contributed by atoms with Gasteiger partial charge in [0.2, 0.25) is 0 Å². The van der Waals surface area contributed by atoms with Crippen LogP contribution in [0.15, 0.2) is 12.2 Å². The lowest BCUT2D eigenvalue weighted by atomic mass is 10.2. The quantitative estimate of drug-likeness (QED) is 0.363. The molecular formula is C7H8O3. The van der Waals surface area contributed by atoms with Crippen LogP contribution in [0.1, 0.15) is 0 Å². The van der Waals surface area contributed by atoms with Crippen LogP contribution in [0.3, 0.4) is 0 Å². The Hall–Kier alpha value is -0.380. The van der Waals surface area contributed by atoms with Crippen molar-refractivity contribution in [2.45, 2.75) is 30.5 Å². The highest BCUT2D eigenvalue weighted by atomic mass is 16.7. The molecule has 0 radical (unpaired) electrons. The van der Waals surface area contributed by atoms with Crippen molar-refractivity contribution in [3.8, 4) is 0 Å². The molecule has 54 valence electrons. The van der Waals surface area contributed by atoms with Crippen LogP contribution in [0.25, 0.3) is 0 Å². The lowest BCUT2D eigenvalue weighted by Gasteiger charge is -1.96. The molecule has 1 aliphatic carbocycles. The van der Waals surface area contributed by atoms with Gasteiger partial charge in [0.25, 0.3) is 0 Å². The summed E-state index contributed by atoms with van der Waals surface area (Å²) in [5.74, 6) is 0. The van der Waals surface area contributed by atoms with Gasteiger partial charge >= 0.3 is 0 Å². The molecule has 10 heavy (non-hydrogen) atoms. The molecule has 3 heteroatoms.